The fourth-order valence-electron chi connectivity index (χ4n) is 4.66. The van der Waals surface area contributed by atoms with Crippen LogP contribution in [0.15, 0.2) is 34.1 Å². The molecule has 0 amide bonds. The molecule has 12 heteroatoms. The molecule has 0 aliphatic carbocycles. The van der Waals surface area contributed by atoms with Crippen LogP contribution in [-0.4, -0.2) is 43.8 Å². The van der Waals surface area contributed by atoms with Crippen LogP contribution in [0.2, 0.25) is 0 Å². The SMILES string of the molecule is CC(C)(Sc1cc(C(C)(C)C)c(O)c(C(C)(C)C)c1)Sc1cc(C(C)(C)C)c(OC(=O)CCC(=O)O)c(C(C)(C)C)c1.O=S(=O)(O)O. The van der Waals surface area contributed by atoms with Crippen LogP contribution in [-0.2, 0) is 41.6 Å². The van der Waals surface area contributed by atoms with Crippen molar-refractivity contribution in [3.63, 3.8) is 0 Å². The summed E-state index contributed by atoms with van der Waals surface area (Å²) in [4.78, 5) is 25.9. The predicted molar refractivity (Wildman–Crippen MR) is 192 cm³/mol. The van der Waals surface area contributed by atoms with Crippen LogP contribution in [0.5, 0.6) is 11.5 Å². The quantitative estimate of drug-likeness (QED) is 0.0679. The Morgan fingerprint density at radius 3 is 1.21 bits per heavy atom. The second-order valence-corrected chi connectivity index (χ2v) is 20.7. The van der Waals surface area contributed by atoms with Crippen LogP contribution in [0.3, 0.4) is 0 Å². The van der Waals surface area contributed by atoms with Crippen LogP contribution in [0, 0.1) is 0 Å². The number of esters is 1. The molecule has 0 aliphatic rings. The third kappa shape index (κ3) is 14.4. The van der Waals surface area contributed by atoms with Crippen LogP contribution in [0.1, 0.15) is 132 Å². The molecule has 4 N–H and O–H groups in total. The molecule has 47 heavy (non-hydrogen) atoms. The lowest BCUT2D eigenvalue weighted by Crippen LogP contribution is -2.22. The van der Waals surface area contributed by atoms with Gasteiger partial charge in [-0.2, -0.15) is 8.42 Å². The van der Waals surface area contributed by atoms with Crippen molar-refractivity contribution in [2.45, 2.75) is 145 Å². The van der Waals surface area contributed by atoms with E-state index in [9.17, 15) is 14.7 Å². The van der Waals surface area contributed by atoms with Gasteiger partial charge in [-0.15, -0.1) is 23.5 Å². The highest BCUT2D eigenvalue weighted by Crippen LogP contribution is 2.51. The Kier molecular flexibility index (Phi) is 13.7. The largest absolute Gasteiger partial charge is 0.507 e. The van der Waals surface area contributed by atoms with Gasteiger partial charge in [0.15, 0.2) is 0 Å². The summed E-state index contributed by atoms with van der Waals surface area (Å²) in [5, 5.41) is 20.2. The third-order valence-corrected chi connectivity index (χ3v) is 9.29. The average molecular weight is 715 g/mol. The molecule has 9 nitrogen and oxygen atoms in total. The first-order valence-corrected chi connectivity index (χ1v) is 18.3. The number of aliphatic carboxylic acids is 1. The van der Waals surface area contributed by atoms with Gasteiger partial charge < -0.3 is 14.9 Å². The number of phenols is 1. The first-order chi connectivity index (χ1) is 20.7. The Labute approximate surface area is 290 Å². The minimum Gasteiger partial charge on any atom is -0.507 e. The second-order valence-electron chi connectivity index (χ2n) is 16.1. The number of thioether (sulfide) groups is 2. The van der Waals surface area contributed by atoms with Crippen molar-refractivity contribution in [1.82, 2.24) is 0 Å². The Morgan fingerprint density at radius 2 is 0.936 bits per heavy atom. The van der Waals surface area contributed by atoms with Crippen LogP contribution < -0.4 is 4.74 Å². The summed E-state index contributed by atoms with van der Waals surface area (Å²) >= 11 is 3.53. The van der Waals surface area contributed by atoms with E-state index in [0.29, 0.717) is 11.5 Å². The first kappa shape index (κ1) is 42.8. The highest BCUT2D eigenvalue weighted by Gasteiger charge is 2.33. The van der Waals surface area contributed by atoms with Gasteiger partial charge in [0.2, 0.25) is 0 Å². The minimum atomic E-state index is -4.67. The maximum absolute atomic E-state index is 12.7. The molecule has 0 fully saturated rings. The maximum atomic E-state index is 12.7. The van der Waals surface area contributed by atoms with Gasteiger partial charge in [-0.1, -0.05) is 83.1 Å². The normalized spacial score (nSPS) is 13.1. The van der Waals surface area contributed by atoms with Crippen molar-refractivity contribution in [1.29, 1.82) is 0 Å². The minimum absolute atomic E-state index is 0.178. The molecule has 0 atom stereocenters. The number of rotatable bonds is 8. The highest BCUT2D eigenvalue weighted by atomic mass is 32.3. The summed E-state index contributed by atoms with van der Waals surface area (Å²) in [6.07, 6.45) is -0.443. The summed E-state index contributed by atoms with van der Waals surface area (Å²) in [6.45, 7) is 29.7. The lowest BCUT2D eigenvalue weighted by Gasteiger charge is -2.32. The van der Waals surface area contributed by atoms with Gasteiger partial charge in [0.25, 0.3) is 0 Å². The summed E-state index contributed by atoms with van der Waals surface area (Å²) in [6, 6.07) is 8.47. The fourth-order valence-corrected chi connectivity index (χ4v) is 7.24. The summed E-state index contributed by atoms with van der Waals surface area (Å²) in [7, 11) is -4.67. The number of carboxylic acids is 1. The summed E-state index contributed by atoms with van der Waals surface area (Å²) in [5.74, 6) is -0.656. The van der Waals surface area contributed by atoms with E-state index in [1.807, 2.05) is 0 Å². The molecule has 2 aromatic carbocycles. The van der Waals surface area contributed by atoms with Crippen LogP contribution >= 0.6 is 23.5 Å². The summed E-state index contributed by atoms with van der Waals surface area (Å²) < 4.78 is 37.2. The highest BCUT2D eigenvalue weighted by molar-refractivity contribution is 8.18. The average Bonchev–Trinajstić information content (AvgIpc) is 2.80. The molecule has 0 bridgehead atoms. The molecule has 0 aromatic heterocycles. The van der Waals surface area contributed by atoms with E-state index in [0.717, 1.165) is 32.0 Å². The van der Waals surface area contributed by atoms with E-state index in [2.05, 4.69) is 121 Å². The topological polar surface area (TPSA) is 158 Å². The lowest BCUT2D eigenvalue weighted by atomic mass is 9.79. The van der Waals surface area contributed by atoms with Gasteiger partial charge in [-0.05, 0) is 59.8 Å². The smallest absolute Gasteiger partial charge is 0.394 e. The number of ether oxygens (including phenoxy) is 1. The Bertz CT molecular complexity index is 1470. The maximum Gasteiger partial charge on any atom is 0.394 e. The van der Waals surface area contributed by atoms with E-state index in [-0.39, 0.29) is 38.6 Å². The van der Waals surface area contributed by atoms with E-state index in [1.165, 1.54) is 0 Å². The molecule has 0 unspecified atom stereocenters. The Hall–Kier alpha value is -2.25. The van der Waals surface area contributed by atoms with Gasteiger partial charge in [-0.25, -0.2) is 0 Å². The van der Waals surface area contributed by atoms with Crippen molar-refractivity contribution in [2.24, 2.45) is 0 Å². The number of carboxylic acid groups (broad SMARTS) is 1. The van der Waals surface area contributed by atoms with Gasteiger partial charge in [0, 0.05) is 32.0 Å². The van der Waals surface area contributed by atoms with Crippen molar-refractivity contribution in [3.8, 4) is 11.5 Å². The van der Waals surface area contributed by atoms with E-state index in [4.69, 9.17) is 27.4 Å². The second kappa shape index (κ2) is 15.1. The molecule has 0 spiro atoms. The molecule has 0 saturated heterocycles. The zero-order valence-electron chi connectivity index (χ0n) is 30.3. The van der Waals surface area contributed by atoms with Crippen LogP contribution in [0.25, 0.3) is 0 Å². The van der Waals surface area contributed by atoms with Gasteiger partial charge >= 0.3 is 22.3 Å². The monoisotopic (exact) mass is 714 g/mol. The van der Waals surface area contributed by atoms with Gasteiger partial charge in [0.05, 0.1) is 16.9 Å². The molecule has 2 aromatic rings. The number of benzene rings is 2. The molecule has 0 saturated carbocycles. The van der Waals surface area contributed by atoms with Crippen molar-refractivity contribution >= 4 is 45.9 Å². The van der Waals surface area contributed by atoms with Crippen molar-refractivity contribution in [3.05, 3.63) is 46.5 Å². The molecule has 0 heterocycles. The number of hydrogen-bond acceptors (Lipinski definition) is 8. The number of hydrogen-bond donors (Lipinski definition) is 4. The Morgan fingerprint density at radius 1 is 0.638 bits per heavy atom. The standard InChI is InChI=1S/C35H52O5S2.H2O4S/c1-31(2,3)23-17-21(18-24(29(23)39)32(4,5)6)41-35(13,14)42-22-19-25(33(7,8)9)30(26(20-22)34(10,11)12)40-28(38)16-15-27(36)37;1-5(2,3)4/h17-20,39H,15-16H2,1-14H3,(H,36,37);(H2,1,2,3,4). The van der Waals surface area contributed by atoms with E-state index < -0.39 is 22.3 Å². The molecular weight excluding hydrogens is 661 g/mol. The van der Waals surface area contributed by atoms with Crippen molar-refractivity contribution < 1.29 is 42.1 Å². The fraction of sp³-hybridized carbons (Fsp3) is 0.600. The number of carbonyl (C=O) groups is 2. The molecule has 266 valence electrons. The van der Waals surface area contributed by atoms with E-state index >= 15 is 0 Å². The number of carbonyl (C=O) groups excluding carboxylic acids is 1. The lowest BCUT2D eigenvalue weighted by molar-refractivity contribution is -0.142. The zero-order chi connectivity index (χ0) is 37.1. The molecular formula is C35H54O9S3. The van der Waals surface area contributed by atoms with Gasteiger partial charge in [-0.3, -0.25) is 18.7 Å². The number of aromatic hydroxyl groups is 1. The predicted octanol–water partition coefficient (Wildman–Crippen LogP) is 9.32. The summed E-state index contributed by atoms with van der Waals surface area (Å²) in [5.41, 5.74) is 2.65. The van der Waals surface area contributed by atoms with E-state index in [1.54, 1.807) is 23.5 Å². The van der Waals surface area contributed by atoms with Gasteiger partial charge in [0.1, 0.15) is 11.5 Å². The molecule has 0 aliphatic heterocycles. The Balaban J connectivity index is 0.00000204. The molecule has 2 rings (SSSR count). The third-order valence-electron chi connectivity index (χ3n) is 6.86. The zero-order valence-corrected chi connectivity index (χ0v) is 32.7. The van der Waals surface area contributed by atoms with Crippen molar-refractivity contribution in [2.75, 3.05) is 0 Å². The molecule has 0 radical (unpaired) electrons. The number of phenolic OH excluding ortho intramolecular Hbond substituents is 1. The first-order valence-electron chi connectivity index (χ1n) is 15.3. The van der Waals surface area contributed by atoms with Crippen LogP contribution in [0.4, 0.5) is 0 Å².